The Hall–Kier alpha value is -2.68. The van der Waals surface area contributed by atoms with Crippen molar-refractivity contribution in [3.63, 3.8) is 0 Å². The fourth-order valence-electron chi connectivity index (χ4n) is 2.73. The maximum atomic E-state index is 8.66. The maximum absolute atomic E-state index is 8.66. The lowest BCUT2D eigenvalue weighted by atomic mass is 10.1. The highest BCUT2D eigenvalue weighted by Gasteiger charge is 2.18. The van der Waals surface area contributed by atoms with Crippen LogP contribution in [0.25, 0.3) is 10.8 Å². The zero-order valence-electron chi connectivity index (χ0n) is 16.6. The second-order valence-corrected chi connectivity index (χ2v) is 5.71. The second kappa shape index (κ2) is 11.0. The van der Waals surface area contributed by atoms with E-state index in [-0.39, 0.29) is 0 Å². The first-order valence-electron chi connectivity index (χ1n) is 9.31. The van der Waals surface area contributed by atoms with Crippen LogP contribution in [0.2, 0.25) is 0 Å². The topological polar surface area (TPSA) is 50.9 Å². The van der Waals surface area contributed by atoms with Crippen molar-refractivity contribution >= 4 is 22.4 Å². The smallest absolute Gasteiger partial charge is 0.137 e. The lowest BCUT2D eigenvalue weighted by molar-refractivity contribution is 0.702. The molecule has 0 saturated heterocycles. The second-order valence-electron chi connectivity index (χ2n) is 5.71. The number of amidine groups is 2. The van der Waals surface area contributed by atoms with Gasteiger partial charge >= 0.3 is 0 Å². The molecule has 3 heteroatoms. The van der Waals surface area contributed by atoms with Crippen LogP contribution in [0.3, 0.4) is 0 Å². The molecule has 0 bridgehead atoms. The van der Waals surface area contributed by atoms with Crippen LogP contribution in [-0.2, 0) is 0 Å². The molecule has 2 aromatic rings. The van der Waals surface area contributed by atoms with E-state index in [1.807, 2.05) is 57.2 Å². The van der Waals surface area contributed by atoms with E-state index in [1.165, 1.54) is 0 Å². The summed E-state index contributed by atoms with van der Waals surface area (Å²) in [6, 6.07) is 14.1. The summed E-state index contributed by atoms with van der Waals surface area (Å²) < 4.78 is 0. The molecule has 0 amide bonds. The Kier molecular flexibility index (Phi) is 9.07. The monoisotopic (exact) mass is 349 g/mol. The molecule has 3 nitrogen and oxygen atoms in total. The van der Waals surface area contributed by atoms with Crippen molar-refractivity contribution in [3.8, 4) is 0 Å². The van der Waals surface area contributed by atoms with Gasteiger partial charge in [-0.25, -0.2) is 0 Å². The highest BCUT2D eigenvalue weighted by atomic mass is 15.2. The maximum Gasteiger partial charge on any atom is 0.137 e. The molecule has 0 aliphatic carbocycles. The molecule has 0 heterocycles. The van der Waals surface area contributed by atoms with E-state index < -0.39 is 0 Å². The summed E-state index contributed by atoms with van der Waals surface area (Å²) in [6.07, 6.45) is 7.75. The van der Waals surface area contributed by atoms with Crippen molar-refractivity contribution in [3.05, 3.63) is 72.0 Å². The Morgan fingerprint density at radius 3 is 2.27 bits per heavy atom. The minimum atomic E-state index is 0.345. The molecule has 0 aliphatic rings. The van der Waals surface area contributed by atoms with Gasteiger partial charge in [-0.3, -0.25) is 15.7 Å². The van der Waals surface area contributed by atoms with Crippen LogP contribution < -0.4 is 0 Å². The standard InChI is InChI=1S/C21H25N3.C2H6/c1-4-6-12-20(9-5-2)24(16(3)22)21(23)19-14-13-17-10-7-8-11-18(17)15-19;1-2/h4,6-11,13-15,22-23H,5,12H2,1-3H3;1-2H3/b6-4-,20-9+,22-16?,23-21?;. The molecule has 0 aliphatic heterocycles. The number of rotatable bonds is 5. The quantitative estimate of drug-likeness (QED) is 0.350. The summed E-state index contributed by atoms with van der Waals surface area (Å²) in [5, 5.41) is 19.1. The number of hydrogen-bond donors (Lipinski definition) is 2. The van der Waals surface area contributed by atoms with Crippen molar-refractivity contribution in [2.75, 3.05) is 0 Å². The number of benzene rings is 2. The molecule has 0 saturated carbocycles. The summed E-state index contributed by atoms with van der Waals surface area (Å²) in [4.78, 5) is 1.73. The lowest BCUT2D eigenvalue weighted by Crippen LogP contribution is -2.34. The number of nitrogens with zero attached hydrogens (tertiary/aromatic N) is 1. The minimum absolute atomic E-state index is 0.345. The average Bonchev–Trinajstić information content (AvgIpc) is 2.67. The van der Waals surface area contributed by atoms with Crippen molar-refractivity contribution in [1.29, 1.82) is 10.8 Å². The van der Waals surface area contributed by atoms with Crippen molar-refractivity contribution in [2.24, 2.45) is 0 Å². The lowest BCUT2D eigenvalue weighted by Gasteiger charge is -2.26. The molecule has 26 heavy (non-hydrogen) atoms. The Labute approximate surface area is 158 Å². The fourth-order valence-corrected chi connectivity index (χ4v) is 2.73. The first-order valence-corrected chi connectivity index (χ1v) is 9.31. The first-order chi connectivity index (χ1) is 12.6. The summed E-state index contributed by atoms with van der Waals surface area (Å²) in [5.41, 5.74) is 1.80. The number of hydrogen-bond acceptors (Lipinski definition) is 2. The first kappa shape index (κ1) is 21.4. The SMILES string of the molecule is C/C=C\C/C(=C\CC)N(C(C)=N)C(=N)c1ccc2ccccc2c1.CC. The number of fused-ring (bicyclic) bond motifs is 1. The summed E-state index contributed by atoms with van der Waals surface area (Å²) >= 11 is 0. The zero-order valence-corrected chi connectivity index (χ0v) is 16.6. The van der Waals surface area contributed by atoms with Gasteiger partial charge in [-0.1, -0.05) is 75.4 Å². The molecule has 0 fully saturated rings. The Morgan fingerprint density at radius 1 is 1.04 bits per heavy atom. The third kappa shape index (κ3) is 5.41. The zero-order chi connectivity index (χ0) is 19.5. The molecule has 0 aromatic heterocycles. The highest BCUT2D eigenvalue weighted by Crippen LogP contribution is 2.20. The Bertz CT molecular complexity index is 800. The summed E-state index contributed by atoms with van der Waals surface area (Å²) in [6.45, 7) is 9.79. The van der Waals surface area contributed by atoms with Gasteiger partial charge in [0.05, 0.1) is 0 Å². The van der Waals surface area contributed by atoms with Crippen molar-refractivity contribution < 1.29 is 0 Å². The predicted molar refractivity (Wildman–Crippen MR) is 115 cm³/mol. The predicted octanol–water partition coefficient (Wildman–Crippen LogP) is 6.75. The third-order valence-corrected chi connectivity index (χ3v) is 3.87. The largest absolute Gasteiger partial charge is 0.288 e. The van der Waals surface area contributed by atoms with E-state index in [4.69, 9.17) is 10.8 Å². The fraction of sp³-hybridized carbons (Fsp3) is 0.304. The van der Waals surface area contributed by atoms with Gasteiger partial charge in [0.15, 0.2) is 0 Å². The van der Waals surface area contributed by atoms with Crippen LogP contribution in [0.15, 0.2) is 66.4 Å². The van der Waals surface area contributed by atoms with Gasteiger partial charge in [-0.05, 0) is 37.1 Å². The molecular weight excluding hydrogens is 318 g/mol. The molecule has 138 valence electrons. The summed E-state index contributed by atoms with van der Waals surface area (Å²) in [5.74, 6) is 0.704. The highest BCUT2D eigenvalue weighted by molar-refractivity contribution is 6.09. The molecular formula is C23H31N3. The van der Waals surface area contributed by atoms with Crippen LogP contribution in [0.1, 0.15) is 53.0 Å². The summed E-state index contributed by atoms with van der Waals surface area (Å²) in [7, 11) is 0. The van der Waals surface area contributed by atoms with Crippen LogP contribution in [-0.4, -0.2) is 16.6 Å². The van der Waals surface area contributed by atoms with Crippen LogP contribution in [0.4, 0.5) is 0 Å². The Morgan fingerprint density at radius 2 is 1.69 bits per heavy atom. The Balaban J connectivity index is 0.00000163. The number of allylic oxidation sites excluding steroid dienone is 3. The van der Waals surface area contributed by atoms with Gasteiger partial charge in [-0.15, -0.1) is 0 Å². The van der Waals surface area contributed by atoms with Gasteiger partial charge in [0.1, 0.15) is 11.7 Å². The van der Waals surface area contributed by atoms with E-state index in [0.29, 0.717) is 11.7 Å². The van der Waals surface area contributed by atoms with E-state index in [9.17, 15) is 0 Å². The van der Waals surface area contributed by atoms with E-state index in [0.717, 1.165) is 34.9 Å². The molecule has 0 atom stereocenters. The van der Waals surface area contributed by atoms with E-state index in [1.54, 1.807) is 11.8 Å². The molecule has 0 spiro atoms. The molecule has 2 rings (SSSR count). The minimum Gasteiger partial charge on any atom is -0.288 e. The van der Waals surface area contributed by atoms with Gasteiger partial charge in [0.25, 0.3) is 0 Å². The van der Waals surface area contributed by atoms with E-state index >= 15 is 0 Å². The van der Waals surface area contributed by atoms with Gasteiger partial charge < -0.3 is 0 Å². The van der Waals surface area contributed by atoms with Gasteiger partial charge in [0, 0.05) is 17.7 Å². The molecule has 2 aromatic carbocycles. The van der Waals surface area contributed by atoms with E-state index in [2.05, 4.69) is 31.2 Å². The average molecular weight is 350 g/mol. The third-order valence-electron chi connectivity index (χ3n) is 3.87. The van der Waals surface area contributed by atoms with Crippen LogP contribution in [0, 0.1) is 10.8 Å². The van der Waals surface area contributed by atoms with Crippen LogP contribution >= 0.6 is 0 Å². The van der Waals surface area contributed by atoms with Crippen molar-refractivity contribution in [2.45, 2.75) is 47.5 Å². The van der Waals surface area contributed by atoms with Crippen molar-refractivity contribution in [1.82, 2.24) is 4.90 Å². The van der Waals surface area contributed by atoms with Gasteiger partial charge in [0.2, 0.25) is 0 Å². The van der Waals surface area contributed by atoms with Crippen LogP contribution in [0.5, 0.6) is 0 Å². The molecule has 0 radical (unpaired) electrons. The molecule has 2 N–H and O–H groups in total. The number of nitrogens with one attached hydrogen (secondary N) is 2. The normalized spacial score (nSPS) is 11.2. The molecule has 0 unspecified atom stereocenters. The van der Waals surface area contributed by atoms with Gasteiger partial charge in [-0.2, -0.15) is 0 Å².